The van der Waals surface area contributed by atoms with Gasteiger partial charge in [-0.3, -0.25) is 9.59 Å². The number of likely N-dealkylation sites (N-methyl/N-ethyl adjacent to an activating group) is 1. The molecule has 0 heterocycles. The topological polar surface area (TPSA) is 104 Å². The molecule has 10 heteroatoms. The maximum Gasteiger partial charge on any atom is 0.252 e. The molecule has 0 aliphatic heterocycles. The molecule has 0 fully saturated rings. The van der Waals surface area contributed by atoms with Crippen LogP contribution >= 0.6 is 0 Å². The second-order valence-electron chi connectivity index (χ2n) is 5.75. The third kappa shape index (κ3) is 5.37. The molecular weight excluding hydrogens is 404 g/mol. The van der Waals surface area contributed by atoms with E-state index < -0.39 is 39.5 Å². The molecular formula is C19H17F2N3O4S. The van der Waals surface area contributed by atoms with Crippen LogP contribution in [0.5, 0.6) is 0 Å². The molecule has 2 aromatic carbocycles. The summed E-state index contributed by atoms with van der Waals surface area (Å²) in [7, 11) is -2.62. The summed E-state index contributed by atoms with van der Waals surface area (Å²) in [5.41, 5.74) is -0.0545. The Morgan fingerprint density at radius 1 is 1.14 bits per heavy atom. The van der Waals surface area contributed by atoms with E-state index in [4.69, 9.17) is 6.42 Å². The van der Waals surface area contributed by atoms with Crippen molar-refractivity contribution in [2.45, 2.75) is 10.9 Å². The van der Waals surface area contributed by atoms with E-state index in [1.807, 2.05) is 0 Å². The Labute approximate surface area is 166 Å². The van der Waals surface area contributed by atoms with Gasteiger partial charge in [0.25, 0.3) is 5.91 Å². The highest BCUT2D eigenvalue weighted by atomic mass is 32.2. The van der Waals surface area contributed by atoms with E-state index in [1.54, 1.807) is 0 Å². The van der Waals surface area contributed by atoms with Gasteiger partial charge in [0.05, 0.1) is 11.4 Å². The van der Waals surface area contributed by atoms with Crippen molar-refractivity contribution in [2.75, 3.05) is 13.6 Å². The van der Waals surface area contributed by atoms with Gasteiger partial charge in [0, 0.05) is 12.6 Å². The summed E-state index contributed by atoms with van der Waals surface area (Å²) >= 11 is 0. The first-order chi connectivity index (χ1) is 13.7. The largest absolute Gasteiger partial charge is 0.357 e. The number of hydrogen-bond donors (Lipinski definition) is 3. The van der Waals surface area contributed by atoms with Crippen LogP contribution in [0.3, 0.4) is 0 Å². The third-order valence-electron chi connectivity index (χ3n) is 3.83. The molecule has 0 aromatic heterocycles. The molecule has 1 atom stereocenters. The lowest BCUT2D eigenvalue weighted by molar-refractivity contribution is -0.122. The fraction of sp³-hybridized carbons (Fsp3) is 0.158. The minimum Gasteiger partial charge on any atom is -0.357 e. The SMILES string of the molecule is C#CCNS(=O)(=O)c1cccc(C(=O)NC(C(=O)NC)c2ccc(F)c(F)c2)c1. The summed E-state index contributed by atoms with van der Waals surface area (Å²) in [6.07, 6.45) is 5.03. The molecule has 0 saturated heterocycles. The monoisotopic (exact) mass is 421 g/mol. The number of carbonyl (C=O) groups excluding carboxylic acids is 2. The number of carbonyl (C=O) groups is 2. The summed E-state index contributed by atoms with van der Waals surface area (Å²) in [6.45, 7) is -0.229. The number of rotatable bonds is 7. The zero-order chi connectivity index (χ0) is 21.6. The van der Waals surface area contributed by atoms with Gasteiger partial charge in [-0.1, -0.05) is 18.1 Å². The maximum absolute atomic E-state index is 13.5. The standard InChI is InChI=1S/C19H17F2N3O4S/c1-3-9-23-29(27,28)14-6-4-5-13(10-14)18(25)24-17(19(26)22-2)12-7-8-15(20)16(21)11-12/h1,4-8,10-11,17,23H,9H2,2H3,(H,22,26)(H,24,25). The van der Waals surface area contributed by atoms with Crippen LogP contribution in [0.4, 0.5) is 8.78 Å². The molecule has 152 valence electrons. The lowest BCUT2D eigenvalue weighted by Gasteiger charge is -2.18. The Morgan fingerprint density at radius 3 is 2.48 bits per heavy atom. The molecule has 7 nitrogen and oxygen atoms in total. The number of nitrogens with one attached hydrogen (secondary N) is 3. The van der Waals surface area contributed by atoms with Crippen LogP contribution in [0.2, 0.25) is 0 Å². The molecule has 0 aliphatic rings. The fourth-order valence-electron chi connectivity index (χ4n) is 2.38. The second kappa shape index (κ2) is 9.27. The number of sulfonamides is 1. The van der Waals surface area contributed by atoms with Crippen LogP contribution in [0, 0.1) is 24.0 Å². The highest BCUT2D eigenvalue weighted by Gasteiger charge is 2.24. The van der Waals surface area contributed by atoms with Gasteiger partial charge in [-0.15, -0.1) is 6.42 Å². The Balaban J connectivity index is 2.33. The van der Waals surface area contributed by atoms with E-state index in [0.717, 1.165) is 24.3 Å². The van der Waals surface area contributed by atoms with Crippen molar-refractivity contribution < 1.29 is 26.8 Å². The molecule has 0 spiro atoms. The predicted molar refractivity (Wildman–Crippen MR) is 101 cm³/mol. The number of benzene rings is 2. The summed E-state index contributed by atoms with van der Waals surface area (Å²) in [5, 5.41) is 4.70. The van der Waals surface area contributed by atoms with Crippen LogP contribution in [-0.2, 0) is 14.8 Å². The van der Waals surface area contributed by atoms with Crippen LogP contribution in [0.1, 0.15) is 22.0 Å². The molecule has 1 unspecified atom stereocenters. The number of terminal acetylenes is 1. The van der Waals surface area contributed by atoms with Gasteiger partial charge in [0.1, 0.15) is 6.04 Å². The van der Waals surface area contributed by atoms with Gasteiger partial charge in [-0.05, 0) is 35.9 Å². The number of halogens is 2. The van der Waals surface area contributed by atoms with Crippen LogP contribution in [0.25, 0.3) is 0 Å². The minimum absolute atomic E-state index is 0.0102. The molecule has 0 radical (unpaired) electrons. The van der Waals surface area contributed by atoms with Crippen molar-refractivity contribution in [3.05, 3.63) is 65.2 Å². The van der Waals surface area contributed by atoms with Gasteiger partial charge in [-0.2, -0.15) is 4.72 Å². The summed E-state index contributed by atoms with van der Waals surface area (Å²) in [6, 6.07) is 6.48. The molecule has 2 aromatic rings. The summed E-state index contributed by atoms with van der Waals surface area (Å²) in [4.78, 5) is 24.5. The first-order valence-electron chi connectivity index (χ1n) is 8.20. The van der Waals surface area contributed by atoms with Crippen LogP contribution in [-0.4, -0.2) is 33.8 Å². The number of hydrogen-bond acceptors (Lipinski definition) is 4. The average Bonchev–Trinajstić information content (AvgIpc) is 2.72. The van der Waals surface area contributed by atoms with E-state index in [1.165, 1.54) is 25.2 Å². The average molecular weight is 421 g/mol. The lowest BCUT2D eigenvalue weighted by Crippen LogP contribution is -2.39. The molecule has 0 aliphatic carbocycles. The van der Waals surface area contributed by atoms with E-state index in [2.05, 4.69) is 21.3 Å². The highest BCUT2D eigenvalue weighted by Crippen LogP contribution is 2.18. The van der Waals surface area contributed by atoms with Crippen LogP contribution in [0.15, 0.2) is 47.4 Å². The molecule has 2 amide bonds. The van der Waals surface area contributed by atoms with Crippen molar-refractivity contribution in [2.24, 2.45) is 0 Å². The summed E-state index contributed by atoms with van der Waals surface area (Å²) < 4.78 is 53.2. The Bertz CT molecular complexity index is 1080. The second-order valence-corrected chi connectivity index (χ2v) is 7.52. The van der Waals surface area contributed by atoms with Gasteiger partial charge < -0.3 is 10.6 Å². The number of amides is 2. The zero-order valence-corrected chi connectivity index (χ0v) is 16.0. The van der Waals surface area contributed by atoms with Gasteiger partial charge >= 0.3 is 0 Å². The smallest absolute Gasteiger partial charge is 0.252 e. The Kier molecular flexibility index (Phi) is 7.03. The van der Waals surface area contributed by atoms with E-state index >= 15 is 0 Å². The van der Waals surface area contributed by atoms with E-state index in [-0.39, 0.29) is 22.6 Å². The molecule has 29 heavy (non-hydrogen) atoms. The normalized spacial score (nSPS) is 11.9. The Morgan fingerprint density at radius 2 is 1.86 bits per heavy atom. The van der Waals surface area contributed by atoms with E-state index in [0.29, 0.717) is 0 Å². The van der Waals surface area contributed by atoms with Crippen molar-refractivity contribution in [3.8, 4) is 12.3 Å². The van der Waals surface area contributed by atoms with Gasteiger partial charge in [-0.25, -0.2) is 17.2 Å². The predicted octanol–water partition coefficient (Wildman–Crippen LogP) is 1.09. The molecule has 0 bridgehead atoms. The zero-order valence-electron chi connectivity index (χ0n) is 15.2. The van der Waals surface area contributed by atoms with Gasteiger partial charge in [0.2, 0.25) is 15.9 Å². The highest BCUT2D eigenvalue weighted by molar-refractivity contribution is 7.89. The van der Waals surface area contributed by atoms with Crippen LogP contribution < -0.4 is 15.4 Å². The Hall–Kier alpha value is -3.29. The molecule has 0 saturated carbocycles. The fourth-order valence-corrected chi connectivity index (χ4v) is 3.36. The van der Waals surface area contributed by atoms with Crippen molar-refractivity contribution in [3.63, 3.8) is 0 Å². The van der Waals surface area contributed by atoms with Crippen molar-refractivity contribution >= 4 is 21.8 Å². The minimum atomic E-state index is -3.93. The maximum atomic E-state index is 13.5. The van der Waals surface area contributed by atoms with Gasteiger partial charge in [0.15, 0.2) is 11.6 Å². The van der Waals surface area contributed by atoms with Crippen molar-refractivity contribution in [1.82, 2.24) is 15.4 Å². The van der Waals surface area contributed by atoms with Crippen molar-refractivity contribution in [1.29, 1.82) is 0 Å². The summed E-state index contributed by atoms with van der Waals surface area (Å²) in [5.74, 6) is -1.63. The quantitative estimate of drug-likeness (QED) is 0.582. The molecule has 2 rings (SSSR count). The van der Waals surface area contributed by atoms with E-state index in [9.17, 15) is 26.8 Å². The lowest BCUT2D eigenvalue weighted by atomic mass is 10.0. The molecule has 3 N–H and O–H groups in total. The first kappa shape index (κ1) is 22.0. The third-order valence-corrected chi connectivity index (χ3v) is 5.23. The first-order valence-corrected chi connectivity index (χ1v) is 9.68.